The average Bonchev–Trinajstić information content (AvgIpc) is 1.76. The van der Waals surface area contributed by atoms with E-state index in [0.717, 1.165) is 12.1 Å². The molecule has 0 saturated carbocycles. The van der Waals surface area contributed by atoms with Gasteiger partial charge < -0.3 is 9.13 Å². The van der Waals surface area contributed by atoms with E-state index in [4.69, 9.17) is 32.9 Å². The maximum absolute atomic E-state index is 14.7. The minimum atomic E-state index is -4.70. The molecule has 0 aliphatic rings. The molecule has 12 aromatic rings. The third kappa shape index (κ3) is 8.80. The number of rotatable bonds is 7. The lowest BCUT2D eigenvalue weighted by Gasteiger charge is -2.22. The third-order valence-electron chi connectivity index (χ3n) is 15.3. The third-order valence-corrected chi connectivity index (χ3v) is 15.3. The van der Waals surface area contributed by atoms with Crippen molar-refractivity contribution in [1.29, 1.82) is 21.0 Å². The van der Waals surface area contributed by atoms with Crippen LogP contribution in [0.25, 0.3) is 135 Å². The summed E-state index contributed by atoms with van der Waals surface area (Å²) in [4.78, 5) is 18.4. The molecule has 2 aromatic heterocycles. The molecule has 0 spiro atoms. The first-order chi connectivity index (χ1) is 41.2. The van der Waals surface area contributed by atoms with Crippen LogP contribution in [0.2, 0.25) is 0 Å². The van der Waals surface area contributed by atoms with Gasteiger partial charge in [-0.2, -0.15) is 34.2 Å². The van der Waals surface area contributed by atoms with Crippen molar-refractivity contribution >= 4 is 72.0 Å². The highest BCUT2D eigenvalue weighted by atomic mass is 19.4. The minimum Gasteiger partial charge on any atom is -0.308 e. The Balaban J connectivity index is 1.22. The Morgan fingerprint density at radius 2 is 0.765 bits per heavy atom. The van der Waals surface area contributed by atoms with Crippen LogP contribution in [-0.2, 0) is 6.18 Å². The minimum absolute atomic E-state index is 0.184. The number of hydrogen-bond donors (Lipinski definition) is 0. The van der Waals surface area contributed by atoms with Crippen molar-refractivity contribution in [3.8, 4) is 91.3 Å². The lowest BCUT2D eigenvalue weighted by Crippen LogP contribution is -2.08. The normalized spacial score (nSPS) is 11.0. The van der Waals surface area contributed by atoms with E-state index in [1.165, 1.54) is 30.3 Å². The molecule has 2 heterocycles. The summed E-state index contributed by atoms with van der Waals surface area (Å²) in [5.74, 6) is 0. The molecule has 85 heavy (non-hydrogen) atoms. The number of aromatic nitrogens is 2. The number of fused-ring (bicyclic) bond motifs is 6. The monoisotopic (exact) mass is 1100 g/mol. The van der Waals surface area contributed by atoms with Gasteiger partial charge in [-0.3, -0.25) is 0 Å². The van der Waals surface area contributed by atoms with E-state index >= 15 is 0 Å². The molecule has 0 aliphatic carbocycles. The SMILES string of the molecule is [C-]#[N+]c1ccc(-c2ccc3c(c2)c2cc(-c4ccc([N+]#[C-])cc4[N+]#[C-])ccc2n3-c2cc(C#N)cc(-n3c4ccc(-c5ccc(C#N)cc5[N+]#[C-])cc4c4cc(-c5ccc(C#N)cc5[N+]#[C-])ccc43)c2-c2ccc(C(F)(F)F)cc2C)c(C#N)c1. The fourth-order valence-corrected chi connectivity index (χ4v) is 11.4. The highest BCUT2D eigenvalue weighted by molar-refractivity contribution is 6.15. The molecule has 0 radical (unpaired) electrons. The smallest absolute Gasteiger partial charge is 0.308 e. The highest BCUT2D eigenvalue weighted by Crippen LogP contribution is 2.48. The Labute approximate surface area is 483 Å². The highest BCUT2D eigenvalue weighted by Gasteiger charge is 2.32. The first-order valence-electron chi connectivity index (χ1n) is 25.8. The Morgan fingerprint density at radius 1 is 0.376 bits per heavy atom. The molecule has 11 nitrogen and oxygen atoms in total. The Hall–Kier alpha value is -13.0. The molecule has 0 unspecified atom stereocenters. The lowest BCUT2D eigenvalue weighted by molar-refractivity contribution is -0.137. The second-order valence-corrected chi connectivity index (χ2v) is 19.9. The average molecular weight is 1100 g/mol. The van der Waals surface area contributed by atoms with Gasteiger partial charge in [-0.25, -0.2) is 24.2 Å². The molecule has 10 aromatic carbocycles. The molecule has 0 N–H and O–H groups in total. The fraction of sp³-hybridized carbons (Fsp3) is 0.0282. The summed E-state index contributed by atoms with van der Waals surface area (Å²) in [6.45, 7) is 41.1. The van der Waals surface area contributed by atoms with Crippen molar-refractivity contribution in [1.82, 2.24) is 9.13 Å². The van der Waals surface area contributed by atoms with Crippen LogP contribution in [0.15, 0.2) is 176 Å². The Bertz CT molecular complexity index is 4820. The van der Waals surface area contributed by atoms with Gasteiger partial charge in [0.15, 0.2) is 28.4 Å². The summed E-state index contributed by atoms with van der Waals surface area (Å²) in [5, 5.41) is 43.7. The van der Waals surface area contributed by atoms with Crippen molar-refractivity contribution in [3.05, 3.63) is 266 Å². The van der Waals surface area contributed by atoms with Gasteiger partial charge in [-0.05, 0) is 166 Å². The topological polar surface area (TPSA) is 127 Å². The largest absolute Gasteiger partial charge is 0.416 e. The standard InChI is InChI=1S/C71H32F3N11/c1-40-25-49(71(72,73)74)13-18-52(40)70-68(84-64-21-9-44(53-19-14-50(79-2)30-48(53)39-78)31-57(64)58-34-47(12-24-65(58)84)56-20-15-51(80-3)35-63(56)83-6)28-43(38-77)29-69(70)85-66-22-10-45(54-16-7-41(36-75)26-61(54)81-4)32-59(66)60-33-46(11-23-67(60)85)55-17-8-42(37-76)27-62(55)82-5/h7-35H,1H3. The first kappa shape index (κ1) is 52.7. The van der Waals surface area contributed by atoms with Crippen LogP contribution >= 0.6 is 0 Å². The van der Waals surface area contributed by atoms with E-state index in [1.807, 2.05) is 81.9 Å². The molecular weight excluding hydrogens is 1060 g/mol. The quantitative estimate of drug-likeness (QED) is 0.147. The second-order valence-electron chi connectivity index (χ2n) is 19.9. The van der Waals surface area contributed by atoms with Crippen molar-refractivity contribution in [3.63, 3.8) is 0 Å². The van der Waals surface area contributed by atoms with E-state index < -0.39 is 11.7 Å². The molecule has 0 bridgehead atoms. The van der Waals surface area contributed by atoms with Gasteiger partial charge in [0.25, 0.3) is 0 Å². The van der Waals surface area contributed by atoms with Gasteiger partial charge in [-0.1, -0.05) is 72.8 Å². The number of benzene rings is 10. The van der Waals surface area contributed by atoms with Gasteiger partial charge in [0, 0.05) is 43.8 Å². The summed E-state index contributed by atoms with van der Waals surface area (Å²) in [6, 6.07) is 57.8. The molecule has 14 heteroatoms. The predicted molar refractivity (Wildman–Crippen MR) is 322 cm³/mol. The predicted octanol–water partition coefficient (Wildman–Crippen LogP) is 19.8. The maximum atomic E-state index is 14.7. The maximum Gasteiger partial charge on any atom is 0.416 e. The van der Waals surface area contributed by atoms with Crippen LogP contribution in [0.3, 0.4) is 0 Å². The van der Waals surface area contributed by atoms with Crippen LogP contribution in [-0.4, -0.2) is 9.13 Å². The summed E-state index contributed by atoms with van der Waals surface area (Å²) in [6.07, 6.45) is -4.70. The zero-order valence-electron chi connectivity index (χ0n) is 44.3. The van der Waals surface area contributed by atoms with Crippen LogP contribution in [0, 0.1) is 85.1 Å². The molecule has 392 valence electrons. The van der Waals surface area contributed by atoms with Gasteiger partial charge in [0.2, 0.25) is 0 Å². The number of aryl methyl sites for hydroxylation is 1. The van der Waals surface area contributed by atoms with Crippen molar-refractivity contribution in [2.24, 2.45) is 0 Å². The number of halogens is 3. The van der Waals surface area contributed by atoms with Crippen molar-refractivity contribution < 1.29 is 13.2 Å². The summed E-state index contributed by atoms with van der Waals surface area (Å²) in [5.41, 5.74) is 10.6. The summed E-state index contributed by atoms with van der Waals surface area (Å²) >= 11 is 0. The van der Waals surface area contributed by atoms with Crippen LogP contribution in [0.5, 0.6) is 0 Å². The number of alkyl halides is 3. The molecule has 0 aliphatic heterocycles. The zero-order valence-corrected chi connectivity index (χ0v) is 44.3. The number of nitriles is 4. The molecule has 12 rings (SSSR count). The first-order valence-corrected chi connectivity index (χ1v) is 25.8. The van der Waals surface area contributed by atoms with Crippen LogP contribution < -0.4 is 0 Å². The summed E-state index contributed by atoms with van der Waals surface area (Å²) in [7, 11) is 0. The molecule has 0 amide bonds. The van der Waals surface area contributed by atoms with E-state index in [-0.39, 0.29) is 39.4 Å². The molecule has 0 saturated heterocycles. The lowest BCUT2D eigenvalue weighted by atomic mass is 9.93. The van der Waals surface area contributed by atoms with E-state index in [9.17, 15) is 34.2 Å². The molecular formula is C71H32F3N11. The zero-order chi connectivity index (χ0) is 59.4. The number of hydrogen-bond acceptors (Lipinski definition) is 4. The van der Waals surface area contributed by atoms with Gasteiger partial charge in [0.05, 0.1) is 102 Å². The van der Waals surface area contributed by atoms with Crippen molar-refractivity contribution in [2.75, 3.05) is 0 Å². The van der Waals surface area contributed by atoms with Gasteiger partial charge in [-0.15, -0.1) is 0 Å². The van der Waals surface area contributed by atoms with Crippen LogP contribution in [0.4, 0.5) is 41.6 Å². The Kier molecular flexibility index (Phi) is 12.8. The van der Waals surface area contributed by atoms with Crippen LogP contribution in [0.1, 0.15) is 33.4 Å². The molecule has 0 atom stereocenters. The van der Waals surface area contributed by atoms with E-state index in [2.05, 4.69) is 48.5 Å². The van der Waals surface area contributed by atoms with E-state index in [1.54, 1.807) is 67.6 Å². The van der Waals surface area contributed by atoms with Crippen molar-refractivity contribution in [2.45, 2.75) is 13.1 Å². The van der Waals surface area contributed by atoms with Gasteiger partial charge >= 0.3 is 6.18 Å². The fourth-order valence-electron chi connectivity index (χ4n) is 11.4. The van der Waals surface area contributed by atoms with E-state index in [0.29, 0.717) is 127 Å². The van der Waals surface area contributed by atoms with Gasteiger partial charge in [0.1, 0.15) is 0 Å². The Morgan fingerprint density at radius 3 is 1.15 bits per heavy atom. The number of nitrogens with zero attached hydrogens (tertiary/aromatic N) is 11. The summed E-state index contributed by atoms with van der Waals surface area (Å²) < 4.78 is 48.0. The second kappa shape index (κ2) is 20.6. The molecule has 0 fully saturated rings.